The number of nitrogens with one attached hydrogen (secondary N) is 1. The molecule has 1 fully saturated rings. The second-order valence-corrected chi connectivity index (χ2v) is 5.70. The number of benzene rings is 1. The highest BCUT2D eigenvalue weighted by atomic mass is 15.2. The molecule has 1 aromatic heterocycles. The average molecular weight is 258 g/mol. The highest BCUT2D eigenvalue weighted by molar-refractivity contribution is 5.74. The summed E-state index contributed by atoms with van der Waals surface area (Å²) >= 11 is 0. The minimum Gasteiger partial charge on any atom is -0.341 e. The van der Waals surface area contributed by atoms with Gasteiger partial charge in [0.15, 0.2) is 0 Å². The van der Waals surface area contributed by atoms with E-state index in [0.29, 0.717) is 5.92 Å². The van der Waals surface area contributed by atoms with Gasteiger partial charge in [-0.05, 0) is 43.5 Å². The van der Waals surface area contributed by atoms with Crippen LogP contribution in [0.2, 0.25) is 0 Å². The Hall–Kier alpha value is -1.39. The predicted molar refractivity (Wildman–Crippen MR) is 77.7 cm³/mol. The van der Waals surface area contributed by atoms with Gasteiger partial charge in [-0.2, -0.15) is 0 Å². The second kappa shape index (κ2) is 5.31. The molecule has 1 saturated heterocycles. The van der Waals surface area contributed by atoms with Crippen LogP contribution in [0, 0.1) is 11.8 Å². The first-order valence-electron chi connectivity index (χ1n) is 7.12. The van der Waals surface area contributed by atoms with Crippen LogP contribution in [0.3, 0.4) is 0 Å². The minimum absolute atomic E-state index is 0.623. The van der Waals surface area contributed by atoms with Crippen molar-refractivity contribution in [1.82, 2.24) is 14.9 Å². The molecule has 0 saturated carbocycles. The fourth-order valence-electron chi connectivity index (χ4n) is 2.97. The molecule has 4 nitrogen and oxygen atoms in total. The Labute approximate surface area is 114 Å². The number of H-pyrrole nitrogens is 1. The largest absolute Gasteiger partial charge is 0.341 e. The number of hydrogen-bond acceptors (Lipinski definition) is 3. The van der Waals surface area contributed by atoms with Crippen LogP contribution in [0.25, 0.3) is 11.0 Å². The number of hydrogen-bond donors (Lipinski definition) is 2. The Morgan fingerprint density at radius 3 is 3.05 bits per heavy atom. The van der Waals surface area contributed by atoms with E-state index in [4.69, 9.17) is 5.73 Å². The van der Waals surface area contributed by atoms with Gasteiger partial charge >= 0.3 is 0 Å². The summed E-state index contributed by atoms with van der Waals surface area (Å²) in [6.45, 7) is 6.25. The molecular weight excluding hydrogens is 236 g/mol. The molecule has 0 amide bonds. The first kappa shape index (κ1) is 12.6. The van der Waals surface area contributed by atoms with Crippen molar-refractivity contribution in [2.24, 2.45) is 17.6 Å². The number of rotatable bonds is 3. The summed E-state index contributed by atoms with van der Waals surface area (Å²) in [6, 6.07) is 8.19. The SMILES string of the molecule is CC1CCN(Cc2nc3ccccc3[nH]2)CC1CN. The third-order valence-electron chi connectivity index (χ3n) is 4.31. The highest BCUT2D eigenvalue weighted by Gasteiger charge is 2.25. The van der Waals surface area contributed by atoms with Crippen LogP contribution in [-0.2, 0) is 6.54 Å². The Morgan fingerprint density at radius 2 is 2.26 bits per heavy atom. The van der Waals surface area contributed by atoms with Crippen molar-refractivity contribution in [3.05, 3.63) is 30.1 Å². The third-order valence-corrected chi connectivity index (χ3v) is 4.31. The van der Waals surface area contributed by atoms with Gasteiger partial charge < -0.3 is 10.7 Å². The van der Waals surface area contributed by atoms with Crippen molar-refractivity contribution in [1.29, 1.82) is 0 Å². The van der Waals surface area contributed by atoms with Crippen LogP contribution >= 0.6 is 0 Å². The van der Waals surface area contributed by atoms with Crippen LogP contribution in [0.1, 0.15) is 19.2 Å². The van der Waals surface area contributed by atoms with E-state index in [9.17, 15) is 0 Å². The lowest BCUT2D eigenvalue weighted by molar-refractivity contribution is 0.124. The first-order valence-corrected chi connectivity index (χ1v) is 7.12. The molecule has 1 aliphatic rings. The number of nitrogens with zero attached hydrogens (tertiary/aromatic N) is 2. The standard InChI is InChI=1S/C15H22N4/c1-11-6-7-19(9-12(11)8-16)10-15-17-13-4-2-3-5-14(13)18-15/h2-5,11-12H,6-10,16H2,1H3,(H,17,18). The van der Waals surface area contributed by atoms with Gasteiger partial charge in [0.05, 0.1) is 17.6 Å². The summed E-state index contributed by atoms with van der Waals surface area (Å²) < 4.78 is 0. The molecule has 102 valence electrons. The van der Waals surface area contributed by atoms with Crippen molar-refractivity contribution < 1.29 is 0 Å². The minimum atomic E-state index is 0.623. The lowest BCUT2D eigenvalue weighted by Crippen LogP contribution is -2.42. The zero-order valence-corrected chi connectivity index (χ0v) is 11.5. The summed E-state index contributed by atoms with van der Waals surface area (Å²) in [5.41, 5.74) is 8.04. The van der Waals surface area contributed by atoms with Crippen LogP contribution in [0.5, 0.6) is 0 Å². The quantitative estimate of drug-likeness (QED) is 0.885. The van der Waals surface area contributed by atoms with E-state index in [-0.39, 0.29) is 0 Å². The smallest absolute Gasteiger partial charge is 0.121 e. The van der Waals surface area contributed by atoms with Gasteiger partial charge in [0.1, 0.15) is 5.82 Å². The number of para-hydroxylation sites is 2. The fraction of sp³-hybridized carbons (Fsp3) is 0.533. The zero-order valence-electron chi connectivity index (χ0n) is 11.5. The number of aromatic amines is 1. The molecule has 1 aliphatic heterocycles. The molecule has 0 spiro atoms. The Morgan fingerprint density at radius 1 is 1.42 bits per heavy atom. The van der Waals surface area contributed by atoms with Gasteiger partial charge in [0.2, 0.25) is 0 Å². The van der Waals surface area contributed by atoms with E-state index in [2.05, 4.69) is 33.9 Å². The summed E-state index contributed by atoms with van der Waals surface area (Å²) in [7, 11) is 0. The van der Waals surface area contributed by atoms with Crippen molar-refractivity contribution in [2.75, 3.05) is 19.6 Å². The van der Waals surface area contributed by atoms with E-state index >= 15 is 0 Å². The molecule has 2 heterocycles. The molecule has 0 bridgehead atoms. The van der Waals surface area contributed by atoms with Gasteiger partial charge in [0, 0.05) is 6.54 Å². The number of likely N-dealkylation sites (tertiary alicyclic amines) is 1. The van der Waals surface area contributed by atoms with Crippen LogP contribution < -0.4 is 5.73 Å². The van der Waals surface area contributed by atoms with Crippen molar-refractivity contribution in [3.8, 4) is 0 Å². The molecule has 2 atom stereocenters. The lowest BCUT2D eigenvalue weighted by Gasteiger charge is -2.36. The highest BCUT2D eigenvalue weighted by Crippen LogP contribution is 2.23. The summed E-state index contributed by atoms with van der Waals surface area (Å²) in [5.74, 6) is 2.43. The van der Waals surface area contributed by atoms with Crippen LogP contribution in [-0.4, -0.2) is 34.5 Å². The molecule has 2 unspecified atom stereocenters. The van der Waals surface area contributed by atoms with Crippen molar-refractivity contribution in [3.63, 3.8) is 0 Å². The van der Waals surface area contributed by atoms with E-state index in [0.717, 1.165) is 49.0 Å². The molecule has 1 aromatic carbocycles. The monoisotopic (exact) mass is 258 g/mol. The lowest BCUT2D eigenvalue weighted by atomic mass is 9.87. The molecular formula is C15H22N4. The number of imidazole rings is 1. The Bertz CT molecular complexity index is 515. The first-order chi connectivity index (χ1) is 9.26. The molecule has 2 aromatic rings. The Kier molecular flexibility index (Phi) is 3.53. The second-order valence-electron chi connectivity index (χ2n) is 5.70. The molecule has 4 heteroatoms. The van der Waals surface area contributed by atoms with E-state index in [1.165, 1.54) is 6.42 Å². The third kappa shape index (κ3) is 2.65. The van der Waals surface area contributed by atoms with E-state index in [1.807, 2.05) is 12.1 Å². The van der Waals surface area contributed by atoms with E-state index in [1.54, 1.807) is 0 Å². The molecule has 0 radical (unpaired) electrons. The Balaban J connectivity index is 1.71. The van der Waals surface area contributed by atoms with Crippen molar-refractivity contribution in [2.45, 2.75) is 19.9 Å². The maximum Gasteiger partial charge on any atom is 0.121 e. The number of piperidine rings is 1. The normalized spacial score (nSPS) is 24.9. The predicted octanol–water partition coefficient (Wildman–Crippen LogP) is 1.98. The van der Waals surface area contributed by atoms with Gasteiger partial charge in [-0.3, -0.25) is 4.90 Å². The van der Waals surface area contributed by atoms with Gasteiger partial charge in [-0.25, -0.2) is 4.98 Å². The summed E-state index contributed by atoms with van der Waals surface area (Å²) in [4.78, 5) is 10.5. The molecule has 0 aliphatic carbocycles. The maximum atomic E-state index is 5.86. The molecule has 3 N–H and O–H groups in total. The number of fused-ring (bicyclic) bond motifs is 1. The van der Waals surface area contributed by atoms with E-state index < -0.39 is 0 Å². The number of aromatic nitrogens is 2. The topological polar surface area (TPSA) is 57.9 Å². The fourth-order valence-corrected chi connectivity index (χ4v) is 2.97. The molecule has 19 heavy (non-hydrogen) atoms. The van der Waals surface area contributed by atoms with Crippen molar-refractivity contribution >= 4 is 11.0 Å². The number of nitrogens with two attached hydrogens (primary N) is 1. The van der Waals surface area contributed by atoms with Gasteiger partial charge in [-0.1, -0.05) is 19.1 Å². The molecule has 3 rings (SSSR count). The van der Waals surface area contributed by atoms with Gasteiger partial charge in [0.25, 0.3) is 0 Å². The zero-order chi connectivity index (χ0) is 13.2. The maximum absolute atomic E-state index is 5.86. The average Bonchev–Trinajstić information content (AvgIpc) is 2.83. The summed E-state index contributed by atoms with van der Waals surface area (Å²) in [5, 5.41) is 0. The van der Waals surface area contributed by atoms with Crippen LogP contribution in [0.4, 0.5) is 0 Å². The summed E-state index contributed by atoms with van der Waals surface area (Å²) in [6.07, 6.45) is 1.24. The van der Waals surface area contributed by atoms with Crippen LogP contribution in [0.15, 0.2) is 24.3 Å². The van der Waals surface area contributed by atoms with Gasteiger partial charge in [-0.15, -0.1) is 0 Å².